The van der Waals surface area contributed by atoms with E-state index >= 15 is 0 Å². The van der Waals surface area contributed by atoms with Crippen molar-refractivity contribution in [3.8, 4) is 0 Å². The second-order valence-electron chi connectivity index (χ2n) is 10.0. The fourth-order valence-electron chi connectivity index (χ4n) is 7.58. The lowest BCUT2D eigenvalue weighted by molar-refractivity contribution is -0.169. The lowest BCUT2D eigenvalue weighted by Gasteiger charge is -2.66. The third-order valence-electron chi connectivity index (χ3n) is 7.70. The molecular weight excluding hydrogens is 308 g/mol. The van der Waals surface area contributed by atoms with E-state index in [1.165, 1.54) is 24.8 Å². The highest BCUT2D eigenvalue weighted by molar-refractivity contribution is 5.84. The van der Waals surface area contributed by atoms with Crippen LogP contribution in [0.4, 0.5) is 0 Å². The van der Waals surface area contributed by atoms with Crippen LogP contribution in [0.25, 0.3) is 0 Å². The molecule has 0 aromatic heterocycles. The van der Waals surface area contributed by atoms with Gasteiger partial charge in [0.2, 0.25) is 5.91 Å². The second-order valence-corrected chi connectivity index (χ2v) is 10.0. The Bertz CT molecular complexity index is 703. The van der Waals surface area contributed by atoms with E-state index in [9.17, 15) is 4.79 Å². The van der Waals surface area contributed by atoms with Crippen LogP contribution in [0.15, 0.2) is 30.3 Å². The highest BCUT2D eigenvalue weighted by Crippen LogP contribution is 2.70. The van der Waals surface area contributed by atoms with Gasteiger partial charge < -0.3 is 10.6 Å². The van der Waals surface area contributed by atoms with Crippen LogP contribution in [0, 0.1) is 16.7 Å². The average Bonchev–Trinajstić information content (AvgIpc) is 2.99. The molecule has 3 heteroatoms. The van der Waals surface area contributed by atoms with E-state index in [0.29, 0.717) is 17.2 Å². The Balaban J connectivity index is 1.54. The molecule has 5 aliphatic rings. The minimum Gasteiger partial charge on any atom is -0.341 e. The molecule has 1 saturated heterocycles. The van der Waals surface area contributed by atoms with Gasteiger partial charge in [-0.3, -0.25) is 4.79 Å². The summed E-state index contributed by atoms with van der Waals surface area (Å²) in [6.45, 7) is 4.08. The molecule has 0 spiro atoms. The summed E-state index contributed by atoms with van der Waals surface area (Å²) in [7, 11) is 0. The molecule has 25 heavy (non-hydrogen) atoms. The maximum atomic E-state index is 13.6. The maximum Gasteiger partial charge on any atom is 0.228 e. The van der Waals surface area contributed by atoms with Gasteiger partial charge in [-0.25, -0.2) is 0 Å². The van der Waals surface area contributed by atoms with Crippen LogP contribution in [0.1, 0.15) is 57.4 Å². The number of carbonyl (C=O) groups excluding carboxylic acids is 1. The molecule has 0 radical (unpaired) electrons. The van der Waals surface area contributed by atoms with Crippen molar-refractivity contribution in [2.45, 2.75) is 63.3 Å². The predicted molar refractivity (Wildman–Crippen MR) is 99.0 cm³/mol. The molecule has 3 nitrogen and oxygen atoms in total. The Hall–Kier alpha value is -1.35. The first-order chi connectivity index (χ1) is 11.9. The van der Waals surface area contributed by atoms with Gasteiger partial charge in [-0.2, -0.15) is 0 Å². The van der Waals surface area contributed by atoms with E-state index in [4.69, 9.17) is 5.73 Å². The van der Waals surface area contributed by atoms with Crippen LogP contribution in [-0.4, -0.2) is 29.9 Å². The lowest BCUT2D eigenvalue weighted by Crippen LogP contribution is -2.62. The predicted octanol–water partition coefficient (Wildman–Crippen LogP) is 3.47. The van der Waals surface area contributed by atoms with Crippen molar-refractivity contribution in [3.63, 3.8) is 0 Å². The smallest absolute Gasteiger partial charge is 0.228 e. The van der Waals surface area contributed by atoms with Crippen LogP contribution in [0.2, 0.25) is 0 Å². The Morgan fingerprint density at radius 1 is 1.12 bits per heavy atom. The van der Waals surface area contributed by atoms with Crippen molar-refractivity contribution >= 4 is 5.91 Å². The van der Waals surface area contributed by atoms with E-state index in [1.807, 2.05) is 0 Å². The fourth-order valence-corrected chi connectivity index (χ4v) is 7.58. The Morgan fingerprint density at radius 3 is 2.60 bits per heavy atom. The van der Waals surface area contributed by atoms with Crippen molar-refractivity contribution in [1.29, 1.82) is 0 Å². The largest absolute Gasteiger partial charge is 0.341 e. The van der Waals surface area contributed by atoms with Gasteiger partial charge in [0.15, 0.2) is 0 Å². The highest BCUT2D eigenvalue weighted by atomic mass is 16.2. The molecule has 1 amide bonds. The van der Waals surface area contributed by atoms with Crippen molar-refractivity contribution in [3.05, 3.63) is 35.9 Å². The monoisotopic (exact) mass is 338 g/mol. The molecule has 1 aromatic rings. The first kappa shape index (κ1) is 15.9. The SMILES string of the molecule is C[C@]12CC3CC(C(=O)N4CC[C@H](N)C4)(C1)C[C@@](c1ccccc1)(C3)C2. The number of carbonyl (C=O) groups is 1. The van der Waals surface area contributed by atoms with E-state index in [-0.39, 0.29) is 16.9 Å². The maximum absolute atomic E-state index is 13.6. The van der Waals surface area contributed by atoms with Crippen LogP contribution in [0.5, 0.6) is 0 Å². The molecule has 4 aliphatic carbocycles. The molecule has 1 heterocycles. The van der Waals surface area contributed by atoms with Gasteiger partial charge in [0.05, 0.1) is 5.41 Å². The summed E-state index contributed by atoms with van der Waals surface area (Å²) in [6, 6.07) is 11.2. The number of nitrogens with two attached hydrogens (primary N) is 1. The first-order valence-corrected chi connectivity index (χ1v) is 10.0. The zero-order valence-electron chi connectivity index (χ0n) is 15.3. The summed E-state index contributed by atoms with van der Waals surface area (Å²) in [4.78, 5) is 15.7. The van der Waals surface area contributed by atoms with E-state index in [0.717, 1.165) is 38.8 Å². The zero-order chi connectivity index (χ0) is 17.3. The molecule has 2 unspecified atom stereocenters. The quantitative estimate of drug-likeness (QED) is 0.897. The normalized spacial score (nSPS) is 45.1. The van der Waals surface area contributed by atoms with Gasteiger partial charge in [0.25, 0.3) is 0 Å². The summed E-state index contributed by atoms with van der Waals surface area (Å²) in [5.41, 5.74) is 7.99. The van der Waals surface area contributed by atoms with Crippen LogP contribution >= 0.6 is 0 Å². The number of nitrogens with zero attached hydrogens (tertiary/aromatic N) is 1. The Morgan fingerprint density at radius 2 is 1.92 bits per heavy atom. The molecule has 2 N–H and O–H groups in total. The number of rotatable bonds is 2. The van der Waals surface area contributed by atoms with Gasteiger partial charge in [-0.1, -0.05) is 37.3 Å². The highest BCUT2D eigenvalue weighted by Gasteiger charge is 2.65. The van der Waals surface area contributed by atoms with Crippen LogP contribution in [-0.2, 0) is 10.2 Å². The van der Waals surface area contributed by atoms with E-state index in [1.54, 1.807) is 0 Å². The van der Waals surface area contributed by atoms with E-state index in [2.05, 4.69) is 42.2 Å². The molecule has 134 valence electrons. The molecule has 4 bridgehead atoms. The molecule has 5 fully saturated rings. The van der Waals surface area contributed by atoms with E-state index < -0.39 is 0 Å². The fraction of sp³-hybridized carbons (Fsp3) is 0.682. The number of hydrogen-bond acceptors (Lipinski definition) is 2. The molecule has 4 saturated carbocycles. The molecular formula is C22H30N2O. The van der Waals surface area contributed by atoms with Crippen LogP contribution in [0.3, 0.4) is 0 Å². The van der Waals surface area contributed by atoms with Crippen molar-refractivity contribution in [1.82, 2.24) is 4.90 Å². The zero-order valence-corrected chi connectivity index (χ0v) is 15.3. The summed E-state index contributed by atoms with van der Waals surface area (Å²) in [5.74, 6) is 1.14. The van der Waals surface area contributed by atoms with Gasteiger partial charge in [-0.05, 0) is 67.3 Å². The number of likely N-dealkylation sites (tertiary alicyclic amines) is 1. The van der Waals surface area contributed by atoms with Crippen LogP contribution < -0.4 is 5.73 Å². The topological polar surface area (TPSA) is 46.3 Å². The van der Waals surface area contributed by atoms with Gasteiger partial charge >= 0.3 is 0 Å². The van der Waals surface area contributed by atoms with Gasteiger partial charge in [0, 0.05) is 19.1 Å². The number of benzene rings is 1. The standard InChI is InChI=1S/C22H30N2O/c1-20-9-16-10-21(13-20,17-5-3-2-4-6-17)15-22(11-16,14-20)19(25)24-8-7-18(23)12-24/h2-6,16,18H,7-15,23H2,1H3/t16?,18-,20+,21+,22?/m0/s1. The lowest BCUT2D eigenvalue weighted by atomic mass is 9.38. The second kappa shape index (κ2) is 5.09. The summed E-state index contributed by atoms with van der Waals surface area (Å²) in [6.07, 6.45) is 8.08. The molecule has 1 aliphatic heterocycles. The first-order valence-electron chi connectivity index (χ1n) is 10.0. The third-order valence-corrected chi connectivity index (χ3v) is 7.70. The Kier molecular flexibility index (Phi) is 3.23. The summed E-state index contributed by atoms with van der Waals surface area (Å²) < 4.78 is 0. The summed E-state index contributed by atoms with van der Waals surface area (Å²) >= 11 is 0. The van der Waals surface area contributed by atoms with Crippen molar-refractivity contribution in [2.75, 3.05) is 13.1 Å². The number of amides is 1. The Labute approximate surface area is 151 Å². The minimum atomic E-state index is -0.131. The molecule has 1 aromatic carbocycles. The van der Waals surface area contributed by atoms with Crippen molar-refractivity contribution in [2.24, 2.45) is 22.5 Å². The van der Waals surface area contributed by atoms with Crippen molar-refractivity contribution < 1.29 is 4.79 Å². The summed E-state index contributed by atoms with van der Waals surface area (Å²) in [5, 5.41) is 0. The third kappa shape index (κ3) is 2.31. The minimum absolute atomic E-state index is 0.131. The van der Waals surface area contributed by atoms with Gasteiger partial charge in [-0.15, -0.1) is 0 Å². The van der Waals surface area contributed by atoms with Gasteiger partial charge in [0.1, 0.15) is 0 Å². The molecule has 6 rings (SSSR count). The molecule has 5 atom stereocenters. The average molecular weight is 338 g/mol. The number of hydrogen-bond donors (Lipinski definition) is 1.